The molecule has 8 aromatic rings. The fraction of sp³-hybridized carbons (Fsp3) is 0.359. The maximum atomic E-state index is 13.8. The summed E-state index contributed by atoms with van der Waals surface area (Å²) in [4.78, 5) is 67.0. The van der Waals surface area contributed by atoms with E-state index < -0.39 is 93.2 Å². The van der Waals surface area contributed by atoms with E-state index in [2.05, 4.69) is 30.0 Å². The van der Waals surface area contributed by atoms with E-state index in [0.717, 1.165) is 12.1 Å². The maximum absolute atomic E-state index is 13.8. The minimum atomic E-state index is -6.14. The summed E-state index contributed by atoms with van der Waals surface area (Å²) in [5, 5.41) is 38.8. The summed E-state index contributed by atoms with van der Waals surface area (Å²) in [6.45, 7) is 32.2. The van der Waals surface area contributed by atoms with Crippen molar-refractivity contribution < 1.29 is 87.7 Å². The molecule has 3 aromatic heterocycles. The lowest BCUT2D eigenvalue weighted by Gasteiger charge is -2.24. The normalized spacial score (nSPS) is 11.8. The number of primary amides is 1. The molecule has 3 heterocycles. The number of hydrogen-bond acceptors (Lipinski definition) is 16. The molecule has 0 atom stereocenters. The first-order valence-electron chi connectivity index (χ1n) is 33.5. The van der Waals surface area contributed by atoms with E-state index in [9.17, 15) is 69.3 Å². The highest BCUT2D eigenvalue weighted by Gasteiger charge is 2.49. The van der Waals surface area contributed by atoms with E-state index in [1.165, 1.54) is 36.4 Å². The second-order valence-electron chi connectivity index (χ2n) is 28.0. The lowest BCUT2D eigenvalue weighted by atomic mass is 9.87. The van der Waals surface area contributed by atoms with E-state index in [4.69, 9.17) is 36.5 Å². The molecule has 0 spiro atoms. The Balaban J connectivity index is 0.000000249. The zero-order valence-electron chi connectivity index (χ0n) is 61.5. The molecule has 0 aliphatic carbocycles. The smallest absolute Gasteiger partial charge is 0.444 e. The van der Waals surface area contributed by atoms with Crippen molar-refractivity contribution in [3.8, 4) is 61.8 Å². The summed E-state index contributed by atoms with van der Waals surface area (Å²) >= 11 is 0. The Bertz CT molecular complexity index is 4630. The molecule has 8 N–H and O–H groups in total. The first-order chi connectivity index (χ1) is 49.4. The first-order valence-corrected chi connectivity index (χ1v) is 34.9. The van der Waals surface area contributed by atoms with Crippen molar-refractivity contribution in [2.45, 2.75) is 183 Å². The molecular formula is C78H88F6N8O13S. The van der Waals surface area contributed by atoms with Gasteiger partial charge in [0.15, 0.2) is 5.69 Å². The molecule has 566 valence electrons. The van der Waals surface area contributed by atoms with Crippen LogP contribution in [-0.4, -0.2) is 85.2 Å². The third kappa shape index (κ3) is 22.3. The van der Waals surface area contributed by atoms with Gasteiger partial charge in [0.25, 0.3) is 0 Å². The molecule has 0 radical (unpaired) electrons. The van der Waals surface area contributed by atoms with Crippen LogP contribution < -0.4 is 25.9 Å². The summed E-state index contributed by atoms with van der Waals surface area (Å²) in [5.41, 5.74) is 6.64. The number of nitrogens with zero attached hydrogens (tertiary/aromatic N) is 4. The SMILES string of the molecule is CC(C)c1nc(-c2ccccc2C(N)=O)c(CNC(=O)OC(C)(C)C)c(-c2ccc(F)cc2)c1CO.CC(C)c1nc(OS(=O)(=O)C(F)(F)F)c(CNC(=O)OC(C)(C)C)c(-c2ccc(F)cc2)c1CO.[C-]#[N+]c1ccccc1-c1nc(C(C)C)c(CO)c(-c2ccc(F)cc2)c1CNC(=O)OC(C)(C)C. The second-order valence-corrected chi connectivity index (χ2v) is 29.6. The Morgan fingerprint density at radius 2 is 0.792 bits per heavy atom. The lowest BCUT2D eigenvalue weighted by Crippen LogP contribution is -2.33. The van der Waals surface area contributed by atoms with Gasteiger partial charge < -0.3 is 55.4 Å². The standard InChI is InChI=1S/C28H32FN3O4.C28H30FN3O3.C22H26F4N2O6S/c1-16(2)24-22(15-33)23(17-10-12-18(29)13-11-17)21(14-31-27(35)36-28(3,4)5)25(32-24)19-8-6-7-9-20(19)26(30)34;1-17(2)25-22(16-33)24(18-11-13-19(29)14-12-18)21(15-31-27(34)35-28(3,4)5)26(32-25)20-9-7-8-10-23(20)30-6;1-12(2)18-16(11-29)17(13-6-8-14(23)9-7-13)15(10-27-20(30)33-21(3,4)5)19(28-18)34-35(31,32)22(24,25)26/h6-13,16,33H,14-15H2,1-5H3,(H2,30,34)(H,31,35);7-14,17,33H,15-16H2,1-5H3,(H,31,34);6-9,12,29H,10-11H2,1-5H3,(H,27,30). The molecule has 0 fully saturated rings. The number of pyridine rings is 3. The van der Waals surface area contributed by atoms with Gasteiger partial charge in [0.1, 0.15) is 34.3 Å². The monoisotopic (exact) mass is 1490 g/mol. The number of para-hydroxylation sites is 1. The second kappa shape index (κ2) is 35.5. The van der Waals surface area contributed by atoms with Gasteiger partial charge in [0.2, 0.25) is 11.8 Å². The Hall–Kier alpha value is -10.5. The van der Waals surface area contributed by atoms with Gasteiger partial charge in [-0.2, -0.15) is 21.6 Å². The molecular weight excluding hydrogens is 1400 g/mol. The van der Waals surface area contributed by atoms with Crippen molar-refractivity contribution in [3.63, 3.8) is 0 Å². The van der Waals surface area contributed by atoms with Crippen molar-refractivity contribution in [1.82, 2.24) is 30.9 Å². The topological polar surface area (TPSA) is 305 Å². The molecule has 0 bridgehead atoms. The third-order valence-electron chi connectivity index (χ3n) is 15.4. The number of nitrogens with one attached hydrogen (secondary N) is 3. The summed E-state index contributed by atoms with van der Waals surface area (Å²) in [7, 11) is -6.14. The van der Waals surface area contributed by atoms with Crippen LogP contribution in [0, 0.1) is 24.0 Å². The molecule has 0 aliphatic rings. The highest BCUT2D eigenvalue weighted by Crippen LogP contribution is 2.44. The highest BCUT2D eigenvalue weighted by molar-refractivity contribution is 7.88. The van der Waals surface area contributed by atoms with Crippen LogP contribution in [0.15, 0.2) is 121 Å². The molecule has 0 saturated heterocycles. The van der Waals surface area contributed by atoms with Gasteiger partial charge in [-0.15, -0.1) is 0 Å². The number of aliphatic hydroxyl groups excluding tert-OH is 3. The first kappa shape index (κ1) is 84.5. The molecule has 106 heavy (non-hydrogen) atoms. The summed E-state index contributed by atoms with van der Waals surface area (Å²) in [5.74, 6) is -3.58. The minimum absolute atomic E-state index is 0.0254. The van der Waals surface area contributed by atoms with Crippen molar-refractivity contribution >= 4 is 40.0 Å². The molecule has 0 unspecified atom stereocenters. The summed E-state index contributed by atoms with van der Waals surface area (Å²) in [6.07, 6.45) is -2.20. The number of nitrogens with two attached hydrogens (primary N) is 1. The Labute approximate surface area is 612 Å². The Kier molecular flexibility index (Phi) is 28.3. The van der Waals surface area contributed by atoms with Crippen LogP contribution in [0.25, 0.3) is 60.7 Å². The molecule has 0 aliphatic heterocycles. The Morgan fingerprint density at radius 3 is 1.11 bits per heavy atom. The van der Waals surface area contributed by atoms with Crippen LogP contribution in [0.2, 0.25) is 0 Å². The number of halogens is 6. The van der Waals surface area contributed by atoms with Crippen LogP contribution >= 0.6 is 0 Å². The van der Waals surface area contributed by atoms with Crippen molar-refractivity contribution in [2.24, 2.45) is 5.73 Å². The van der Waals surface area contributed by atoms with E-state index >= 15 is 0 Å². The van der Waals surface area contributed by atoms with Gasteiger partial charge in [-0.3, -0.25) is 14.8 Å². The number of alkyl halides is 3. The lowest BCUT2D eigenvalue weighted by molar-refractivity contribution is -0.0502. The van der Waals surface area contributed by atoms with Gasteiger partial charge in [-0.1, -0.05) is 120 Å². The van der Waals surface area contributed by atoms with Gasteiger partial charge in [-0.25, -0.2) is 37.4 Å². The molecule has 4 amide bonds. The van der Waals surface area contributed by atoms with Crippen LogP contribution in [0.1, 0.15) is 182 Å². The van der Waals surface area contributed by atoms with Crippen LogP contribution in [0.5, 0.6) is 5.88 Å². The number of hydrogen-bond donors (Lipinski definition) is 7. The average molecular weight is 1490 g/mol. The zero-order chi connectivity index (χ0) is 79.1. The molecule has 28 heteroatoms. The fourth-order valence-corrected chi connectivity index (χ4v) is 11.6. The van der Waals surface area contributed by atoms with Crippen molar-refractivity contribution in [3.05, 3.63) is 206 Å². The zero-order valence-corrected chi connectivity index (χ0v) is 62.3. The number of rotatable bonds is 20. The number of amides is 4. The largest absolute Gasteiger partial charge is 0.534 e. The third-order valence-corrected chi connectivity index (χ3v) is 16.3. The fourth-order valence-electron chi connectivity index (χ4n) is 11.1. The minimum Gasteiger partial charge on any atom is -0.444 e. The molecule has 21 nitrogen and oxygen atoms in total. The van der Waals surface area contributed by atoms with E-state index in [-0.39, 0.29) is 77.5 Å². The van der Waals surface area contributed by atoms with E-state index in [1.54, 1.807) is 137 Å². The molecule has 5 aromatic carbocycles. The quantitative estimate of drug-likeness (QED) is 0.0123. The number of aromatic nitrogens is 3. The molecule has 8 rings (SSSR count). The van der Waals surface area contributed by atoms with Crippen LogP contribution in [0.3, 0.4) is 0 Å². The average Bonchev–Trinajstić information content (AvgIpc) is 0.756. The number of ether oxygens (including phenoxy) is 3. The number of alkyl carbamates (subject to hydrolysis) is 3. The van der Waals surface area contributed by atoms with Gasteiger partial charge in [-0.05, 0) is 156 Å². The summed E-state index contributed by atoms with van der Waals surface area (Å²) in [6, 6.07) is 30.5. The number of carbonyl (C=O) groups is 4. The van der Waals surface area contributed by atoms with Gasteiger partial charge in [0, 0.05) is 74.5 Å². The Morgan fingerprint density at radius 1 is 0.481 bits per heavy atom. The van der Waals surface area contributed by atoms with Crippen molar-refractivity contribution in [1.29, 1.82) is 0 Å². The predicted octanol–water partition coefficient (Wildman–Crippen LogP) is 16.8. The van der Waals surface area contributed by atoms with E-state index in [1.807, 2.05) is 39.8 Å². The van der Waals surface area contributed by atoms with Gasteiger partial charge >= 0.3 is 33.9 Å². The van der Waals surface area contributed by atoms with Crippen LogP contribution in [0.4, 0.5) is 46.4 Å². The highest BCUT2D eigenvalue weighted by atomic mass is 32.2. The van der Waals surface area contributed by atoms with Crippen molar-refractivity contribution in [2.75, 3.05) is 0 Å². The summed E-state index contributed by atoms with van der Waals surface area (Å²) < 4.78 is 124. The molecule has 0 saturated carbocycles. The maximum Gasteiger partial charge on any atom is 0.534 e. The number of benzene rings is 5. The van der Waals surface area contributed by atoms with E-state index in [0.29, 0.717) is 84.1 Å². The van der Waals surface area contributed by atoms with Crippen LogP contribution in [-0.2, 0) is 63.8 Å². The number of aliphatic hydroxyl groups is 3. The van der Waals surface area contributed by atoms with Gasteiger partial charge in [0.05, 0.1) is 50.0 Å². The predicted molar refractivity (Wildman–Crippen MR) is 389 cm³/mol. The number of carbonyl (C=O) groups excluding carboxylic acids is 4.